The van der Waals surface area contributed by atoms with Crippen LogP contribution in [0.2, 0.25) is 0 Å². The highest BCUT2D eigenvalue weighted by atomic mass is 16.4. The van der Waals surface area contributed by atoms with Gasteiger partial charge < -0.3 is 20.4 Å². The molecule has 0 aliphatic rings. The number of rotatable bonds is 3. The Hall–Kier alpha value is -3.54. The number of hydrogen-bond donors (Lipinski definition) is 4. The fourth-order valence-corrected chi connectivity index (χ4v) is 2.42. The normalized spacial score (nSPS) is 10.7. The van der Waals surface area contributed by atoms with Gasteiger partial charge in [-0.3, -0.25) is 0 Å². The van der Waals surface area contributed by atoms with Gasteiger partial charge in [-0.1, -0.05) is 12.6 Å². The molecule has 1 aromatic heterocycles. The summed E-state index contributed by atoms with van der Waals surface area (Å²) in [6.45, 7) is 3.91. The third-order valence-electron chi connectivity index (χ3n) is 3.70. The van der Waals surface area contributed by atoms with Crippen LogP contribution in [0.3, 0.4) is 0 Å². The van der Waals surface area contributed by atoms with E-state index in [-0.39, 0.29) is 28.3 Å². The van der Waals surface area contributed by atoms with Crippen molar-refractivity contribution in [2.75, 3.05) is 0 Å². The first-order valence-corrected chi connectivity index (χ1v) is 6.96. The molecule has 0 atom stereocenters. The Morgan fingerprint density at radius 2 is 1.62 bits per heavy atom. The molecule has 0 unspecified atom stereocenters. The molecular formula is C18H13NO5. The molecule has 0 spiro atoms. The first-order valence-electron chi connectivity index (χ1n) is 6.96. The Bertz CT molecular complexity index is 994. The minimum Gasteiger partial charge on any atom is -0.506 e. The summed E-state index contributed by atoms with van der Waals surface area (Å²) in [6, 6.07) is 9.96. The van der Waals surface area contributed by atoms with E-state index < -0.39 is 5.97 Å². The van der Waals surface area contributed by atoms with Gasteiger partial charge in [-0.25, -0.2) is 9.78 Å². The van der Waals surface area contributed by atoms with E-state index in [9.17, 15) is 25.2 Å². The fraction of sp³-hybridized carbons (Fsp3) is 0. The average molecular weight is 323 g/mol. The molecule has 0 aliphatic heterocycles. The van der Waals surface area contributed by atoms with Crippen LogP contribution in [0.1, 0.15) is 21.6 Å². The van der Waals surface area contributed by atoms with Crippen LogP contribution in [-0.4, -0.2) is 31.4 Å². The second-order valence-electron chi connectivity index (χ2n) is 5.21. The summed E-state index contributed by atoms with van der Waals surface area (Å²) in [4.78, 5) is 15.5. The van der Waals surface area contributed by atoms with Crippen LogP contribution < -0.4 is 0 Å². The molecule has 0 amide bonds. The van der Waals surface area contributed by atoms with E-state index in [0.29, 0.717) is 22.2 Å². The number of carbonyl (C=O) groups is 1. The lowest BCUT2D eigenvalue weighted by molar-refractivity contribution is 0.0699. The average Bonchev–Trinajstić information content (AvgIpc) is 2.56. The van der Waals surface area contributed by atoms with Crippen molar-refractivity contribution in [3.05, 3.63) is 65.9 Å². The Morgan fingerprint density at radius 1 is 0.917 bits per heavy atom. The lowest BCUT2D eigenvalue weighted by atomic mass is 10.0. The fourth-order valence-electron chi connectivity index (χ4n) is 2.42. The van der Waals surface area contributed by atoms with Crippen molar-refractivity contribution in [2.45, 2.75) is 0 Å². The molecule has 2 aromatic carbocycles. The van der Waals surface area contributed by atoms with Crippen molar-refractivity contribution >= 4 is 22.4 Å². The first kappa shape index (κ1) is 15.4. The highest BCUT2D eigenvalue weighted by Gasteiger charge is 2.14. The van der Waals surface area contributed by atoms with Gasteiger partial charge in [0.1, 0.15) is 11.3 Å². The monoisotopic (exact) mass is 323 g/mol. The maximum absolute atomic E-state index is 11.3. The number of fused-ring (bicyclic) bond motifs is 1. The number of hydrogen-bond acceptors (Lipinski definition) is 5. The smallest absolute Gasteiger partial charge is 0.336 e. The van der Waals surface area contributed by atoms with Gasteiger partial charge in [0, 0.05) is 11.0 Å². The van der Waals surface area contributed by atoms with Crippen molar-refractivity contribution in [1.29, 1.82) is 0 Å². The van der Waals surface area contributed by atoms with Crippen molar-refractivity contribution in [1.82, 2.24) is 4.98 Å². The van der Waals surface area contributed by atoms with Gasteiger partial charge in [-0.05, 0) is 42.0 Å². The molecule has 0 bridgehead atoms. The van der Waals surface area contributed by atoms with Crippen molar-refractivity contribution < 1.29 is 25.2 Å². The minimum atomic E-state index is -1.11. The molecular weight excluding hydrogens is 310 g/mol. The molecule has 1 heterocycles. The largest absolute Gasteiger partial charge is 0.506 e. The summed E-state index contributed by atoms with van der Waals surface area (Å²) >= 11 is 0. The number of phenols is 3. The quantitative estimate of drug-likeness (QED) is 0.551. The van der Waals surface area contributed by atoms with E-state index in [1.54, 1.807) is 18.2 Å². The SMILES string of the molecule is C=C(c1ccc(O)c(O)c1)c1ccc2c(C(=O)O)ccc(O)c2n1. The predicted molar refractivity (Wildman–Crippen MR) is 88.3 cm³/mol. The second kappa shape index (κ2) is 5.58. The Kier molecular flexibility index (Phi) is 3.57. The topological polar surface area (TPSA) is 111 Å². The van der Waals surface area contributed by atoms with Crippen LogP contribution in [0.15, 0.2) is 49.0 Å². The van der Waals surface area contributed by atoms with E-state index in [2.05, 4.69) is 11.6 Å². The molecule has 3 rings (SSSR count). The molecule has 0 saturated carbocycles. The van der Waals surface area contributed by atoms with E-state index in [4.69, 9.17) is 0 Å². The zero-order valence-electron chi connectivity index (χ0n) is 12.4. The highest BCUT2D eigenvalue weighted by molar-refractivity contribution is 6.04. The van der Waals surface area contributed by atoms with Crippen LogP contribution in [0.25, 0.3) is 16.5 Å². The lowest BCUT2D eigenvalue weighted by Gasteiger charge is -2.10. The van der Waals surface area contributed by atoms with Gasteiger partial charge >= 0.3 is 5.97 Å². The first-order chi connectivity index (χ1) is 11.4. The van der Waals surface area contributed by atoms with Crippen LogP contribution in [0.5, 0.6) is 17.2 Å². The third kappa shape index (κ3) is 2.50. The van der Waals surface area contributed by atoms with E-state index in [1.807, 2.05) is 0 Å². The zero-order chi connectivity index (χ0) is 17.4. The summed E-state index contributed by atoms with van der Waals surface area (Å²) in [7, 11) is 0. The summed E-state index contributed by atoms with van der Waals surface area (Å²) in [6.07, 6.45) is 0. The van der Waals surface area contributed by atoms with Gasteiger partial charge in [-0.2, -0.15) is 0 Å². The number of aromatic nitrogens is 1. The van der Waals surface area contributed by atoms with Gasteiger partial charge in [0.05, 0.1) is 11.3 Å². The van der Waals surface area contributed by atoms with Gasteiger partial charge in [0.25, 0.3) is 0 Å². The summed E-state index contributed by atoms with van der Waals surface area (Å²) in [5.41, 5.74) is 1.58. The molecule has 6 nitrogen and oxygen atoms in total. The van der Waals surface area contributed by atoms with Crippen molar-refractivity contribution in [2.24, 2.45) is 0 Å². The minimum absolute atomic E-state index is 0.0368. The van der Waals surface area contributed by atoms with Crippen LogP contribution in [0, 0.1) is 0 Å². The number of carboxylic acids is 1. The summed E-state index contributed by atoms with van der Waals surface area (Å²) < 4.78 is 0. The van der Waals surface area contributed by atoms with Gasteiger partial charge in [-0.15, -0.1) is 0 Å². The zero-order valence-corrected chi connectivity index (χ0v) is 12.4. The second-order valence-corrected chi connectivity index (χ2v) is 5.21. The summed E-state index contributed by atoms with van der Waals surface area (Å²) in [5, 5.41) is 38.5. The summed E-state index contributed by atoms with van der Waals surface area (Å²) in [5.74, 6) is -1.79. The molecule has 0 radical (unpaired) electrons. The highest BCUT2D eigenvalue weighted by Crippen LogP contribution is 2.32. The number of aromatic hydroxyl groups is 3. The van der Waals surface area contributed by atoms with Crippen LogP contribution >= 0.6 is 0 Å². The number of carboxylic acid groups (broad SMARTS) is 1. The number of benzene rings is 2. The van der Waals surface area contributed by atoms with E-state index >= 15 is 0 Å². The number of pyridine rings is 1. The molecule has 0 saturated heterocycles. The number of phenolic OH excluding ortho intramolecular Hbond substituents is 3. The maximum atomic E-state index is 11.3. The molecule has 3 aromatic rings. The van der Waals surface area contributed by atoms with Gasteiger partial charge in [0.15, 0.2) is 11.5 Å². The van der Waals surface area contributed by atoms with E-state index in [1.165, 1.54) is 24.3 Å². The Balaban J connectivity index is 2.14. The molecule has 120 valence electrons. The standard InChI is InChI=1S/C18H13NO5/c1-9(10-2-6-14(20)16(22)8-10)13-5-3-11-12(18(23)24)4-7-15(21)17(11)19-13/h2-8,20-22H,1H2,(H,23,24). The molecule has 0 aliphatic carbocycles. The number of aromatic carboxylic acids is 1. The van der Waals surface area contributed by atoms with Crippen molar-refractivity contribution in [3.8, 4) is 17.2 Å². The lowest BCUT2D eigenvalue weighted by Crippen LogP contribution is -1.99. The Labute approximate surface area is 136 Å². The maximum Gasteiger partial charge on any atom is 0.336 e. The van der Waals surface area contributed by atoms with E-state index in [0.717, 1.165) is 0 Å². The van der Waals surface area contributed by atoms with Crippen LogP contribution in [-0.2, 0) is 0 Å². The Morgan fingerprint density at radius 3 is 2.29 bits per heavy atom. The molecule has 0 fully saturated rings. The number of nitrogens with zero attached hydrogens (tertiary/aromatic N) is 1. The molecule has 6 heteroatoms. The predicted octanol–water partition coefficient (Wildman–Crippen LogP) is 3.11. The van der Waals surface area contributed by atoms with Gasteiger partial charge in [0.2, 0.25) is 0 Å². The third-order valence-corrected chi connectivity index (χ3v) is 3.70. The van der Waals surface area contributed by atoms with Crippen molar-refractivity contribution in [3.63, 3.8) is 0 Å². The molecule has 4 N–H and O–H groups in total. The molecule has 24 heavy (non-hydrogen) atoms. The van der Waals surface area contributed by atoms with Crippen LogP contribution in [0.4, 0.5) is 0 Å².